The number of aliphatic hydroxyl groups is 1. The van der Waals surface area contributed by atoms with Crippen LogP contribution < -0.4 is 0 Å². The highest BCUT2D eigenvalue weighted by atomic mass is 16.5. The fourth-order valence-corrected chi connectivity index (χ4v) is 1.92. The molecule has 78 valence electrons. The Balaban J connectivity index is 1.74. The highest BCUT2D eigenvalue weighted by molar-refractivity contribution is 5.06. The molecule has 0 radical (unpaired) electrons. The molecule has 2 unspecified atom stereocenters. The van der Waals surface area contributed by atoms with E-state index in [1.165, 1.54) is 6.42 Å². The smallest absolute Gasteiger partial charge is 0.0938 e. The molecular weight excluding hydrogens is 178 g/mol. The molecule has 2 atom stereocenters. The fraction of sp³-hybridized carbons (Fsp3) is 0.636. The summed E-state index contributed by atoms with van der Waals surface area (Å²) in [6.07, 6.45) is 5.91. The van der Waals surface area contributed by atoms with Gasteiger partial charge in [0.05, 0.1) is 12.2 Å². The summed E-state index contributed by atoms with van der Waals surface area (Å²) in [5.74, 6) is 0. The Labute approximate surface area is 84.1 Å². The maximum Gasteiger partial charge on any atom is 0.0938 e. The number of aromatic nitrogens is 1. The number of H-pyrrole nitrogens is 1. The molecule has 1 aromatic heterocycles. The summed E-state index contributed by atoms with van der Waals surface area (Å²) in [7, 11) is 0. The van der Waals surface area contributed by atoms with Gasteiger partial charge in [-0.05, 0) is 37.8 Å². The van der Waals surface area contributed by atoms with Crippen LogP contribution in [0.3, 0.4) is 0 Å². The maximum absolute atomic E-state index is 9.78. The Morgan fingerprint density at radius 1 is 1.64 bits per heavy atom. The SMILES string of the molecule is OC(CCC1CCCO1)c1ccc[nH]1. The van der Waals surface area contributed by atoms with E-state index in [1.54, 1.807) is 0 Å². The van der Waals surface area contributed by atoms with Gasteiger partial charge in [-0.25, -0.2) is 0 Å². The van der Waals surface area contributed by atoms with Gasteiger partial charge in [0.1, 0.15) is 0 Å². The van der Waals surface area contributed by atoms with Gasteiger partial charge in [-0.2, -0.15) is 0 Å². The molecule has 3 heteroatoms. The molecule has 1 saturated heterocycles. The van der Waals surface area contributed by atoms with Crippen LogP contribution in [0, 0.1) is 0 Å². The lowest BCUT2D eigenvalue weighted by Gasteiger charge is -2.12. The molecule has 2 rings (SSSR count). The van der Waals surface area contributed by atoms with Crippen molar-refractivity contribution in [3.63, 3.8) is 0 Å². The average molecular weight is 195 g/mol. The Morgan fingerprint density at radius 3 is 3.21 bits per heavy atom. The summed E-state index contributed by atoms with van der Waals surface area (Å²) in [5, 5.41) is 9.78. The third-order valence-corrected chi connectivity index (χ3v) is 2.77. The predicted molar refractivity (Wildman–Crippen MR) is 54.0 cm³/mol. The minimum Gasteiger partial charge on any atom is -0.387 e. The molecule has 0 spiro atoms. The topological polar surface area (TPSA) is 45.2 Å². The molecule has 1 aliphatic rings. The van der Waals surface area contributed by atoms with Crippen LogP contribution in [0.4, 0.5) is 0 Å². The summed E-state index contributed by atoms with van der Waals surface area (Å²) < 4.78 is 5.50. The molecule has 3 nitrogen and oxygen atoms in total. The van der Waals surface area contributed by atoms with Gasteiger partial charge in [0.25, 0.3) is 0 Å². The minimum absolute atomic E-state index is 0.366. The van der Waals surface area contributed by atoms with Crippen LogP contribution in [-0.4, -0.2) is 22.8 Å². The Bertz CT molecular complexity index is 252. The standard InChI is InChI=1S/C11H17NO2/c13-11(10-4-1-7-12-10)6-5-9-3-2-8-14-9/h1,4,7,9,11-13H,2-3,5-6,8H2. The van der Waals surface area contributed by atoms with Crippen molar-refractivity contribution in [3.8, 4) is 0 Å². The van der Waals surface area contributed by atoms with E-state index in [4.69, 9.17) is 4.74 Å². The van der Waals surface area contributed by atoms with Gasteiger partial charge in [-0.1, -0.05) is 0 Å². The molecule has 14 heavy (non-hydrogen) atoms. The largest absolute Gasteiger partial charge is 0.387 e. The van der Waals surface area contributed by atoms with Gasteiger partial charge < -0.3 is 14.8 Å². The Morgan fingerprint density at radius 2 is 2.57 bits per heavy atom. The molecule has 0 amide bonds. The molecule has 0 aromatic carbocycles. The lowest BCUT2D eigenvalue weighted by molar-refractivity contribution is 0.0803. The zero-order chi connectivity index (χ0) is 9.80. The normalized spacial score (nSPS) is 23.9. The maximum atomic E-state index is 9.78. The number of rotatable bonds is 4. The van der Waals surface area contributed by atoms with Gasteiger partial charge >= 0.3 is 0 Å². The first-order valence-electron chi connectivity index (χ1n) is 5.29. The van der Waals surface area contributed by atoms with Gasteiger partial charge in [0.15, 0.2) is 0 Å². The zero-order valence-electron chi connectivity index (χ0n) is 8.28. The van der Waals surface area contributed by atoms with Crippen molar-refractivity contribution in [2.75, 3.05) is 6.61 Å². The zero-order valence-corrected chi connectivity index (χ0v) is 8.28. The van der Waals surface area contributed by atoms with E-state index in [-0.39, 0.29) is 6.10 Å². The van der Waals surface area contributed by atoms with Gasteiger partial charge in [0, 0.05) is 18.5 Å². The number of hydrogen-bond acceptors (Lipinski definition) is 2. The van der Waals surface area contributed by atoms with Gasteiger partial charge in [-0.15, -0.1) is 0 Å². The number of ether oxygens (including phenoxy) is 1. The van der Waals surface area contributed by atoms with E-state index in [1.807, 2.05) is 18.3 Å². The molecule has 0 bridgehead atoms. The third-order valence-electron chi connectivity index (χ3n) is 2.77. The quantitative estimate of drug-likeness (QED) is 0.772. The second-order valence-electron chi connectivity index (χ2n) is 3.85. The van der Waals surface area contributed by atoms with Gasteiger partial charge in [-0.3, -0.25) is 0 Å². The van der Waals surface area contributed by atoms with Crippen LogP contribution >= 0.6 is 0 Å². The van der Waals surface area contributed by atoms with E-state index in [9.17, 15) is 5.11 Å². The van der Waals surface area contributed by atoms with Crippen LogP contribution in [0.2, 0.25) is 0 Å². The van der Waals surface area contributed by atoms with Gasteiger partial charge in [0.2, 0.25) is 0 Å². The number of aliphatic hydroxyl groups excluding tert-OH is 1. The van der Waals surface area contributed by atoms with Crippen LogP contribution in [-0.2, 0) is 4.74 Å². The first kappa shape index (κ1) is 9.74. The molecule has 0 saturated carbocycles. The molecule has 1 aliphatic heterocycles. The second kappa shape index (κ2) is 4.62. The summed E-state index contributed by atoms with van der Waals surface area (Å²) in [6, 6.07) is 3.82. The number of aromatic amines is 1. The van der Waals surface area contributed by atoms with Crippen molar-refractivity contribution < 1.29 is 9.84 Å². The highest BCUT2D eigenvalue weighted by Crippen LogP contribution is 2.22. The van der Waals surface area contributed by atoms with Crippen molar-refractivity contribution in [3.05, 3.63) is 24.0 Å². The first-order chi connectivity index (χ1) is 6.86. The van der Waals surface area contributed by atoms with Crippen LogP contribution in [0.1, 0.15) is 37.5 Å². The van der Waals surface area contributed by atoms with E-state index in [2.05, 4.69) is 4.98 Å². The van der Waals surface area contributed by atoms with E-state index < -0.39 is 0 Å². The van der Waals surface area contributed by atoms with Crippen molar-refractivity contribution in [1.82, 2.24) is 4.98 Å². The van der Waals surface area contributed by atoms with Crippen molar-refractivity contribution in [2.45, 2.75) is 37.9 Å². The summed E-state index contributed by atoms with van der Waals surface area (Å²) in [6.45, 7) is 0.892. The van der Waals surface area contributed by atoms with Crippen LogP contribution in [0.25, 0.3) is 0 Å². The lowest BCUT2D eigenvalue weighted by Crippen LogP contribution is -2.08. The molecule has 0 aliphatic carbocycles. The first-order valence-corrected chi connectivity index (χ1v) is 5.29. The summed E-state index contributed by atoms with van der Waals surface area (Å²) >= 11 is 0. The van der Waals surface area contributed by atoms with E-state index in [0.717, 1.165) is 31.6 Å². The number of nitrogens with one attached hydrogen (secondary N) is 1. The van der Waals surface area contributed by atoms with Crippen LogP contribution in [0.5, 0.6) is 0 Å². The highest BCUT2D eigenvalue weighted by Gasteiger charge is 2.17. The molecule has 2 N–H and O–H groups in total. The average Bonchev–Trinajstić information content (AvgIpc) is 2.87. The number of hydrogen-bond donors (Lipinski definition) is 2. The van der Waals surface area contributed by atoms with Crippen molar-refractivity contribution >= 4 is 0 Å². The Hall–Kier alpha value is -0.800. The molecule has 1 aromatic rings. The summed E-state index contributed by atoms with van der Waals surface area (Å²) in [4.78, 5) is 3.02. The molecule has 2 heterocycles. The second-order valence-corrected chi connectivity index (χ2v) is 3.85. The molecular formula is C11H17NO2. The van der Waals surface area contributed by atoms with Crippen molar-refractivity contribution in [1.29, 1.82) is 0 Å². The summed E-state index contributed by atoms with van der Waals surface area (Å²) in [5.41, 5.74) is 0.906. The minimum atomic E-state index is -0.366. The van der Waals surface area contributed by atoms with Crippen molar-refractivity contribution in [2.24, 2.45) is 0 Å². The monoisotopic (exact) mass is 195 g/mol. The molecule has 1 fully saturated rings. The van der Waals surface area contributed by atoms with E-state index in [0.29, 0.717) is 6.10 Å². The lowest BCUT2D eigenvalue weighted by atomic mass is 10.1. The Kier molecular flexibility index (Phi) is 3.22. The third kappa shape index (κ3) is 2.36. The van der Waals surface area contributed by atoms with E-state index >= 15 is 0 Å². The predicted octanol–water partition coefficient (Wildman–Crippen LogP) is 2.01. The van der Waals surface area contributed by atoms with Crippen LogP contribution in [0.15, 0.2) is 18.3 Å². The fourth-order valence-electron chi connectivity index (χ4n) is 1.92.